The number of rotatable bonds is 4. The Balaban J connectivity index is 1.81. The lowest BCUT2D eigenvalue weighted by molar-refractivity contribution is 0.318. The van der Waals surface area contributed by atoms with Crippen LogP contribution in [0.25, 0.3) is 32.9 Å². The van der Waals surface area contributed by atoms with Crippen LogP contribution in [0.1, 0.15) is 24.5 Å². The highest BCUT2D eigenvalue weighted by atomic mass is 16.5. The van der Waals surface area contributed by atoms with Gasteiger partial charge in [-0.15, -0.1) is 0 Å². The van der Waals surface area contributed by atoms with Gasteiger partial charge in [0.1, 0.15) is 5.75 Å². The summed E-state index contributed by atoms with van der Waals surface area (Å²) in [5.41, 5.74) is 5.95. The molecule has 0 saturated carbocycles. The molecule has 0 saturated heterocycles. The van der Waals surface area contributed by atoms with Crippen LogP contribution in [0.5, 0.6) is 5.75 Å². The number of benzene rings is 3. The SMILES string of the molecule is CCCOc1ccccc1-c1nc2ccc3ccccc3c2c2c1CNCC2. The molecule has 140 valence electrons. The van der Waals surface area contributed by atoms with Gasteiger partial charge in [-0.05, 0) is 59.5 Å². The monoisotopic (exact) mass is 368 g/mol. The number of fused-ring (bicyclic) bond motifs is 5. The van der Waals surface area contributed by atoms with E-state index in [1.807, 2.05) is 6.07 Å². The van der Waals surface area contributed by atoms with Gasteiger partial charge < -0.3 is 10.1 Å². The van der Waals surface area contributed by atoms with Gasteiger partial charge in [-0.3, -0.25) is 0 Å². The number of nitrogens with zero attached hydrogens (tertiary/aromatic N) is 1. The minimum absolute atomic E-state index is 0.718. The summed E-state index contributed by atoms with van der Waals surface area (Å²) in [6, 6.07) is 21.3. The molecule has 0 spiro atoms. The van der Waals surface area contributed by atoms with Crippen LogP contribution < -0.4 is 10.1 Å². The number of nitrogens with one attached hydrogen (secondary N) is 1. The molecule has 3 heteroatoms. The van der Waals surface area contributed by atoms with E-state index in [2.05, 4.69) is 66.8 Å². The molecule has 0 amide bonds. The molecular weight excluding hydrogens is 344 g/mol. The maximum Gasteiger partial charge on any atom is 0.128 e. The van der Waals surface area contributed by atoms with Crippen LogP contribution >= 0.6 is 0 Å². The van der Waals surface area contributed by atoms with Crippen LogP contribution in [0, 0.1) is 0 Å². The van der Waals surface area contributed by atoms with Crippen molar-refractivity contribution in [3.63, 3.8) is 0 Å². The second-order valence-corrected chi connectivity index (χ2v) is 7.37. The fourth-order valence-corrected chi connectivity index (χ4v) is 4.27. The Morgan fingerprint density at radius 3 is 2.75 bits per heavy atom. The first-order valence-corrected chi connectivity index (χ1v) is 10.1. The Morgan fingerprint density at radius 1 is 0.964 bits per heavy atom. The highest BCUT2D eigenvalue weighted by Gasteiger charge is 2.22. The molecule has 0 atom stereocenters. The first kappa shape index (κ1) is 17.2. The lowest BCUT2D eigenvalue weighted by Crippen LogP contribution is -2.25. The van der Waals surface area contributed by atoms with E-state index in [1.54, 1.807) is 0 Å². The van der Waals surface area contributed by atoms with Crippen LogP contribution in [0.15, 0.2) is 60.7 Å². The molecule has 1 aliphatic heterocycles. The molecule has 4 aromatic rings. The van der Waals surface area contributed by atoms with Crippen molar-refractivity contribution < 1.29 is 4.74 Å². The molecule has 0 radical (unpaired) electrons. The minimum atomic E-state index is 0.718. The molecule has 0 fully saturated rings. The zero-order chi connectivity index (χ0) is 18.9. The summed E-state index contributed by atoms with van der Waals surface area (Å²) >= 11 is 0. The van der Waals surface area contributed by atoms with E-state index in [1.165, 1.54) is 27.3 Å². The molecule has 0 bridgehead atoms. The lowest BCUT2D eigenvalue weighted by atomic mass is 9.90. The van der Waals surface area contributed by atoms with Crippen molar-refractivity contribution in [2.45, 2.75) is 26.3 Å². The summed E-state index contributed by atoms with van der Waals surface area (Å²) in [7, 11) is 0. The Bertz CT molecular complexity index is 1170. The van der Waals surface area contributed by atoms with Crippen LogP contribution in [0.2, 0.25) is 0 Å². The predicted molar refractivity (Wildman–Crippen MR) is 116 cm³/mol. The molecule has 1 N–H and O–H groups in total. The van der Waals surface area contributed by atoms with Crippen LogP contribution in [0.4, 0.5) is 0 Å². The number of pyridine rings is 1. The Morgan fingerprint density at radius 2 is 1.82 bits per heavy atom. The van der Waals surface area contributed by atoms with Crippen molar-refractivity contribution in [1.82, 2.24) is 10.3 Å². The first-order valence-electron chi connectivity index (χ1n) is 10.1. The molecule has 0 unspecified atom stereocenters. The highest BCUT2D eigenvalue weighted by molar-refractivity contribution is 6.09. The average Bonchev–Trinajstić information content (AvgIpc) is 2.77. The Hall–Kier alpha value is -2.91. The number of hydrogen-bond acceptors (Lipinski definition) is 3. The van der Waals surface area contributed by atoms with Gasteiger partial charge in [0.05, 0.1) is 17.8 Å². The van der Waals surface area contributed by atoms with Gasteiger partial charge in [0.15, 0.2) is 0 Å². The summed E-state index contributed by atoms with van der Waals surface area (Å²) in [6.45, 7) is 4.70. The van der Waals surface area contributed by atoms with E-state index in [0.717, 1.165) is 55.1 Å². The lowest BCUT2D eigenvalue weighted by Gasteiger charge is -2.24. The third-order valence-electron chi connectivity index (χ3n) is 5.55. The van der Waals surface area contributed by atoms with Gasteiger partial charge >= 0.3 is 0 Å². The maximum absolute atomic E-state index is 6.05. The van der Waals surface area contributed by atoms with E-state index >= 15 is 0 Å². The number of aromatic nitrogens is 1. The number of para-hydroxylation sites is 1. The van der Waals surface area contributed by atoms with E-state index in [0.29, 0.717) is 0 Å². The third-order valence-corrected chi connectivity index (χ3v) is 5.55. The summed E-state index contributed by atoms with van der Waals surface area (Å²) in [5, 5.41) is 7.43. The number of hydrogen-bond donors (Lipinski definition) is 1. The third kappa shape index (κ3) is 2.83. The molecule has 3 aromatic carbocycles. The predicted octanol–water partition coefficient (Wildman–Crippen LogP) is 5.49. The van der Waals surface area contributed by atoms with E-state index in [-0.39, 0.29) is 0 Å². The fraction of sp³-hybridized carbons (Fsp3) is 0.240. The first-order chi connectivity index (χ1) is 13.9. The molecule has 2 heterocycles. The van der Waals surface area contributed by atoms with E-state index in [4.69, 9.17) is 9.72 Å². The fourth-order valence-electron chi connectivity index (χ4n) is 4.27. The highest BCUT2D eigenvalue weighted by Crippen LogP contribution is 2.38. The normalized spacial score (nSPS) is 13.6. The van der Waals surface area contributed by atoms with Gasteiger partial charge in [-0.2, -0.15) is 0 Å². The van der Waals surface area contributed by atoms with E-state index < -0.39 is 0 Å². The molecular formula is C25H24N2O. The maximum atomic E-state index is 6.05. The van der Waals surface area contributed by atoms with Gasteiger partial charge in [-0.1, -0.05) is 49.4 Å². The number of ether oxygens (including phenoxy) is 1. The second-order valence-electron chi connectivity index (χ2n) is 7.37. The topological polar surface area (TPSA) is 34.1 Å². The summed E-state index contributed by atoms with van der Waals surface area (Å²) < 4.78 is 6.05. The van der Waals surface area contributed by atoms with Crippen molar-refractivity contribution in [3.05, 3.63) is 71.8 Å². The quantitative estimate of drug-likeness (QED) is 0.484. The van der Waals surface area contributed by atoms with Gasteiger partial charge in [-0.25, -0.2) is 4.98 Å². The van der Waals surface area contributed by atoms with Crippen LogP contribution in [0.3, 0.4) is 0 Å². The molecule has 3 nitrogen and oxygen atoms in total. The van der Waals surface area contributed by atoms with Gasteiger partial charge in [0.2, 0.25) is 0 Å². The Labute approximate surface area is 165 Å². The smallest absolute Gasteiger partial charge is 0.128 e. The van der Waals surface area contributed by atoms with Crippen molar-refractivity contribution >= 4 is 21.7 Å². The van der Waals surface area contributed by atoms with Crippen LogP contribution in [-0.2, 0) is 13.0 Å². The molecule has 1 aromatic heterocycles. The van der Waals surface area contributed by atoms with Crippen molar-refractivity contribution in [1.29, 1.82) is 0 Å². The summed E-state index contributed by atoms with van der Waals surface area (Å²) in [6.07, 6.45) is 2.01. The van der Waals surface area contributed by atoms with Crippen molar-refractivity contribution in [2.75, 3.05) is 13.2 Å². The van der Waals surface area contributed by atoms with Crippen molar-refractivity contribution in [3.8, 4) is 17.0 Å². The average molecular weight is 368 g/mol. The molecule has 0 aliphatic carbocycles. The summed E-state index contributed by atoms with van der Waals surface area (Å²) in [4.78, 5) is 5.16. The standard InChI is InChI=1S/C25H24N2O/c1-2-15-28-23-10-6-5-9-20(23)25-21-16-26-14-13-19(21)24-18-8-4-3-7-17(18)11-12-22(24)27-25/h3-12,26H,2,13-16H2,1H3. The summed E-state index contributed by atoms with van der Waals surface area (Å²) in [5.74, 6) is 0.921. The van der Waals surface area contributed by atoms with Gasteiger partial charge in [0, 0.05) is 17.5 Å². The Kier molecular flexibility index (Phi) is 4.46. The van der Waals surface area contributed by atoms with Gasteiger partial charge in [0.25, 0.3) is 0 Å². The van der Waals surface area contributed by atoms with Crippen LogP contribution in [-0.4, -0.2) is 18.1 Å². The second kappa shape index (κ2) is 7.25. The van der Waals surface area contributed by atoms with Crippen molar-refractivity contribution in [2.24, 2.45) is 0 Å². The molecule has 5 rings (SSSR count). The largest absolute Gasteiger partial charge is 0.493 e. The molecule has 28 heavy (non-hydrogen) atoms. The van der Waals surface area contributed by atoms with E-state index in [9.17, 15) is 0 Å². The zero-order valence-electron chi connectivity index (χ0n) is 16.2. The minimum Gasteiger partial charge on any atom is -0.493 e. The zero-order valence-corrected chi connectivity index (χ0v) is 16.2. The molecule has 1 aliphatic rings.